The van der Waals surface area contributed by atoms with Gasteiger partial charge in [0, 0.05) is 29.8 Å². The lowest BCUT2D eigenvalue weighted by Gasteiger charge is -2.41. The molecule has 3 unspecified atom stereocenters. The van der Waals surface area contributed by atoms with Gasteiger partial charge in [-0.05, 0) is 37.6 Å². The van der Waals surface area contributed by atoms with Crippen LogP contribution in [0.15, 0.2) is 54.8 Å². The predicted octanol–water partition coefficient (Wildman–Crippen LogP) is 1.79. The number of hydrogen-bond acceptors (Lipinski definition) is 4. The molecule has 0 radical (unpaired) electrons. The van der Waals surface area contributed by atoms with Crippen LogP contribution in [0.4, 0.5) is 0 Å². The van der Waals surface area contributed by atoms with Gasteiger partial charge in [-0.15, -0.1) is 0 Å². The van der Waals surface area contributed by atoms with Gasteiger partial charge in [0.05, 0.1) is 6.33 Å². The SMILES string of the molecule is CC1=CC(C(=O)O)(c2ccc(-n3ccnc3)cc2)C(C(=O)O)C(C)N1. The Bertz CT molecular complexity index is 827. The summed E-state index contributed by atoms with van der Waals surface area (Å²) < 4.78 is 1.79. The molecule has 130 valence electrons. The Balaban J connectivity index is 2.15. The van der Waals surface area contributed by atoms with Gasteiger partial charge in [0.2, 0.25) is 0 Å². The van der Waals surface area contributed by atoms with E-state index in [2.05, 4.69) is 10.3 Å². The molecule has 0 amide bonds. The molecule has 1 aromatic heterocycles. The molecular formula is C18H19N3O4. The topological polar surface area (TPSA) is 104 Å². The van der Waals surface area contributed by atoms with E-state index in [1.807, 2.05) is 0 Å². The first-order valence-corrected chi connectivity index (χ1v) is 7.87. The maximum absolute atomic E-state index is 12.2. The van der Waals surface area contributed by atoms with Crippen LogP contribution in [-0.4, -0.2) is 37.7 Å². The van der Waals surface area contributed by atoms with Gasteiger partial charge in [-0.3, -0.25) is 9.59 Å². The second kappa shape index (κ2) is 6.08. The van der Waals surface area contributed by atoms with Gasteiger partial charge in [0.1, 0.15) is 11.3 Å². The molecule has 25 heavy (non-hydrogen) atoms. The minimum Gasteiger partial charge on any atom is -0.481 e. The molecule has 1 aliphatic heterocycles. The summed E-state index contributed by atoms with van der Waals surface area (Å²) in [5, 5.41) is 22.7. The first-order chi connectivity index (χ1) is 11.9. The number of aliphatic carboxylic acids is 2. The third-order valence-corrected chi connectivity index (χ3v) is 4.66. The highest BCUT2D eigenvalue weighted by Crippen LogP contribution is 2.40. The lowest BCUT2D eigenvalue weighted by molar-refractivity contribution is -0.155. The Morgan fingerprint density at radius 3 is 2.44 bits per heavy atom. The highest BCUT2D eigenvalue weighted by Gasteiger charge is 2.54. The van der Waals surface area contributed by atoms with E-state index in [0.717, 1.165) is 5.69 Å². The molecule has 0 aliphatic carbocycles. The number of carboxylic acids is 2. The second-order valence-corrected chi connectivity index (χ2v) is 6.27. The Morgan fingerprint density at radius 1 is 1.24 bits per heavy atom. The van der Waals surface area contributed by atoms with Gasteiger partial charge in [-0.1, -0.05) is 12.1 Å². The van der Waals surface area contributed by atoms with Crippen LogP contribution in [0.1, 0.15) is 19.4 Å². The fourth-order valence-corrected chi connectivity index (χ4v) is 3.62. The van der Waals surface area contributed by atoms with Gasteiger partial charge in [0.15, 0.2) is 0 Å². The van der Waals surface area contributed by atoms with E-state index >= 15 is 0 Å². The first kappa shape index (κ1) is 16.8. The van der Waals surface area contributed by atoms with Crippen LogP contribution in [0.2, 0.25) is 0 Å². The molecule has 2 aromatic rings. The summed E-state index contributed by atoms with van der Waals surface area (Å²) in [5.74, 6) is -3.46. The average Bonchev–Trinajstić information content (AvgIpc) is 3.07. The summed E-state index contributed by atoms with van der Waals surface area (Å²) in [6, 6.07) is 6.34. The van der Waals surface area contributed by atoms with E-state index in [9.17, 15) is 19.8 Å². The molecule has 0 spiro atoms. The van der Waals surface area contributed by atoms with Crippen molar-refractivity contribution in [1.82, 2.24) is 14.9 Å². The smallest absolute Gasteiger partial charge is 0.319 e. The summed E-state index contributed by atoms with van der Waals surface area (Å²) in [6.45, 7) is 3.43. The fraction of sp³-hybridized carbons (Fsp3) is 0.278. The zero-order valence-electron chi connectivity index (χ0n) is 13.9. The summed E-state index contributed by atoms with van der Waals surface area (Å²) >= 11 is 0. The lowest BCUT2D eigenvalue weighted by Crippen LogP contribution is -2.56. The van der Waals surface area contributed by atoms with E-state index in [1.54, 1.807) is 61.4 Å². The molecule has 0 saturated heterocycles. The van der Waals surface area contributed by atoms with Gasteiger partial charge >= 0.3 is 11.9 Å². The zero-order chi connectivity index (χ0) is 18.2. The zero-order valence-corrected chi connectivity index (χ0v) is 13.9. The highest BCUT2D eigenvalue weighted by molar-refractivity contribution is 5.92. The number of allylic oxidation sites excluding steroid dienone is 1. The maximum Gasteiger partial charge on any atom is 0.319 e. The van der Waals surface area contributed by atoms with E-state index in [-0.39, 0.29) is 0 Å². The van der Waals surface area contributed by atoms with Crippen molar-refractivity contribution in [3.05, 3.63) is 60.3 Å². The van der Waals surface area contributed by atoms with Crippen molar-refractivity contribution >= 4 is 11.9 Å². The number of hydrogen-bond donors (Lipinski definition) is 3. The molecule has 3 N–H and O–H groups in total. The third-order valence-electron chi connectivity index (χ3n) is 4.66. The Kier molecular flexibility index (Phi) is 4.08. The van der Waals surface area contributed by atoms with E-state index in [1.165, 1.54) is 6.08 Å². The monoisotopic (exact) mass is 341 g/mol. The largest absolute Gasteiger partial charge is 0.481 e. The molecular weight excluding hydrogens is 322 g/mol. The minimum atomic E-state index is -1.63. The van der Waals surface area contributed by atoms with Crippen molar-refractivity contribution in [2.45, 2.75) is 25.3 Å². The molecule has 3 rings (SSSR count). The van der Waals surface area contributed by atoms with Gasteiger partial charge in [-0.25, -0.2) is 4.98 Å². The normalized spacial score (nSPS) is 25.8. The number of nitrogens with zero attached hydrogens (tertiary/aromatic N) is 2. The van der Waals surface area contributed by atoms with E-state index in [0.29, 0.717) is 11.3 Å². The molecule has 7 nitrogen and oxygen atoms in total. The number of carboxylic acid groups (broad SMARTS) is 2. The number of aromatic nitrogens is 2. The number of carbonyl (C=O) groups is 2. The van der Waals surface area contributed by atoms with Crippen LogP contribution in [0, 0.1) is 5.92 Å². The first-order valence-electron chi connectivity index (χ1n) is 7.87. The van der Waals surface area contributed by atoms with Crippen molar-refractivity contribution in [1.29, 1.82) is 0 Å². The number of imidazole rings is 1. The van der Waals surface area contributed by atoms with Crippen LogP contribution in [0.25, 0.3) is 5.69 Å². The molecule has 1 aromatic carbocycles. The van der Waals surface area contributed by atoms with Crippen molar-refractivity contribution in [2.24, 2.45) is 5.92 Å². The van der Waals surface area contributed by atoms with Crippen LogP contribution in [-0.2, 0) is 15.0 Å². The maximum atomic E-state index is 12.2. The summed E-state index contributed by atoms with van der Waals surface area (Å²) in [7, 11) is 0. The summed E-state index contributed by atoms with van der Waals surface area (Å²) in [4.78, 5) is 28.1. The lowest BCUT2D eigenvalue weighted by atomic mass is 9.65. The number of rotatable bonds is 4. The van der Waals surface area contributed by atoms with Crippen LogP contribution in [0.5, 0.6) is 0 Å². The van der Waals surface area contributed by atoms with Crippen LogP contribution < -0.4 is 5.32 Å². The Morgan fingerprint density at radius 2 is 1.92 bits per heavy atom. The fourth-order valence-electron chi connectivity index (χ4n) is 3.62. The number of nitrogens with one attached hydrogen (secondary N) is 1. The molecule has 1 aliphatic rings. The predicted molar refractivity (Wildman–Crippen MR) is 90.4 cm³/mol. The average molecular weight is 341 g/mol. The van der Waals surface area contributed by atoms with Crippen molar-refractivity contribution < 1.29 is 19.8 Å². The molecule has 7 heteroatoms. The Hall–Kier alpha value is -3.09. The van der Waals surface area contributed by atoms with Gasteiger partial charge in [0.25, 0.3) is 0 Å². The minimum absolute atomic E-state index is 0.434. The third kappa shape index (κ3) is 2.67. The van der Waals surface area contributed by atoms with Crippen molar-refractivity contribution in [3.8, 4) is 5.69 Å². The van der Waals surface area contributed by atoms with E-state index < -0.39 is 29.3 Å². The summed E-state index contributed by atoms with van der Waals surface area (Å²) in [6.07, 6.45) is 6.56. The van der Waals surface area contributed by atoms with Gasteiger partial charge < -0.3 is 20.1 Å². The van der Waals surface area contributed by atoms with Crippen LogP contribution in [0.3, 0.4) is 0 Å². The number of benzene rings is 1. The quantitative estimate of drug-likeness (QED) is 0.783. The summed E-state index contributed by atoms with van der Waals surface area (Å²) in [5.41, 5.74) is 0.264. The molecule has 0 saturated carbocycles. The highest BCUT2D eigenvalue weighted by atomic mass is 16.4. The van der Waals surface area contributed by atoms with Crippen molar-refractivity contribution in [2.75, 3.05) is 0 Å². The molecule has 0 bridgehead atoms. The van der Waals surface area contributed by atoms with Crippen LogP contribution >= 0.6 is 0 Å². The molecule has 3 atom stereocenters. The van der Waals surface area contributed by atoms with Crippen molar-refractivity contribution in [3.63, 3.8) is 0 Å². The van der Waals surface area contributed by atoms with E-state index in [4.69, 9.17) is 0 Å². The van der Waals surface area contributed by atoms with Gasteiger partial charge in [-0.2, -0.15) is 0 Å². The standard InChI is InChI=1S/C18H19N3O4/c1-11-9-18(17(24)25,15(16(22)23)12(2)20-11)13-3-5-14(6-4-13)21-8-7-19-10-21/h3-10,12,15,20H,1-2H3,(H,22,23)(H,24,25). The molecule has 2 heterocycles. The molecule has 0 fully saturated rings. The second-order valence-electron chi connectivity index (χ2n) is 6.27. The Labute approximate surface area is 144 Å².